The first kappa shape index (κ1) is 20.2. The predicted molar refractivity (Wildman–Crippen MR) is 121 cm³/mol. The van der Waals surface area contributed by atoms with Crippen LogP contribution in [0.15, 0.2) is 72.9 Å². The van der Waals surface area contributed by atoms with Gasteiger partial charge in [0.15, 0.2) is 0 Å². The van der Waals surface area contributed by atoms with Gasteiger partial charge in [0.25, 0.3) is 0 Å². The lowest BCUT2D eigenvalue weighted by molar-refractivity contribution is -0.120. The molecule has 1 aliphatic heterocycles. The lowest BCUT2D eigenvalue weighted by atomic mass is 9.95. The first-order chi connectivity index (χ1) is 15.5. The number of methoxy groups -OCH3 is 1. The molecule has 3 aromatic carbocycles. The molecule has 2 heterocycles. The Morgan fingerprint density at radius 1 is 1.00 bits per heavy atom. The highest BCUT2D eigenvalue weighted by Gasteiger charge is 2.45. The number of fused-ring (bicyclic) bond motifs is 1. The van der Waals surface area contributed by atoms with Gasteiger partial charge in [0.2, 0.25) is 5.91 Å². The van der Waals surface area contributed by atoms with Crippen molar-refractivity contribution in [1.29, 1.82) is 0 Å². The molecule has 1 amide bonds. The molecule has 7 heteroatoms. The van der Waals surface area contributed by atoms with E-state index in [-0.39, 0.29) is 29.7 Å². The highest BCUT2D eigenvalue weighted by molar-refractivity contribution is 6.00. The number of hydrogen-bond acceptors (Lipinski definition) is 4. The van der Waals surface area contributed by atoms with Crippen molar-refractivity contribution in [2.75, 3.05) is 12.0 Å². The van der Waals surface area contributed by atoms with Crippen molar-refractivity contribution in [1.82, 2.24) is 9.78 Å². The zero-order chi connectivity index (χ0) is 22.4. The molecule has 1 aliphatic rings. The average molecular weight is 430 g/mol. The molecule has 0 bridgehead atoms. The molecule has 1 aromatic heterocycles. The van der Waals surface area contributed by atoms with Crippen molar-refractivity contribution in [2.24, 2.45) is 11.7 Å². The number of nitrogens with zero attached hydrogens (tertiary/aromatic N) is 3. The molecule has 1 fully saturated rings. The van der Waals surface area contributed by atoms with Gasteiger partial charge in [-0.3, -0.25) is 4.79 Å². The molecule has 6 nitrogen and oxygen atoms in total. The number of hydrogen-bond donors (Lipinski definition) is 1. The molecule has 0 saturated carbocycles. The van der Waals surface area contributed by atoms with Crippen LogP contribution in [0, 0.1) is 11.7 Å². The summed E-state index contributed by atoms with van der Waals surface area (Å²) in [5, 5.41) is 5.34. The van der Waals surface area contributed by atoms with Gasteiger partial charge in [-0.1, -0.05) is 19.1 Å². The van der Waals surface area contributed by atoms with Gasteiger partial charge in [-0.15, -0.1) is 0 Å². The van der Waals surface area contributed by atoms with E-state index in [4.69, 9.17) is 10.5 Å². The largest absolute Gasteiger partial charge is 0.497 e. The normalized spacial score (nSPS) is 20.8. The zero-order valence-electron chi connectivity index (χ0n) is 17.8. The third-order valence-electron chi connectivity index (χ3n) is 6.21. The fourth-order valence-corrected chi connectivity index (χ4v) is 4.39. The maximum atomic E-state index is 13.3. The number of rotatable bonds is 4. The van der Waals surface area contributed by atoms with Gasteiger partial charge in [-0.05, 0) is 60.2 Å². The molecule has 1 saturated heterocycles. The Bertz CT molecular complexity index is 1280. The van der Waals surface area contributed by atoms with E-state index in [1.807, 2.05) is 49.4 Å². The fourth-order valence-electron chi connectivity index (χ4n) is 4.39. The van der Waals surface area contributed by atoms with Crippen LogP contribution in [0.1, 0.15) is 18.5 Å². The van der Waals surface area contributed by atoms with Gasteiger partial charge >= 0.3 is 0 Å². The van der Waals surface area contributed by atoms with E-state index < -0.39 is 0 Å². The van der Waals surface area contributed by atoms with E-state index in [1.54, 1.807) is 35.0 Å². The summed E-state index contributed by atoms with van der Waals surface area (Å²) >= 11 is 0. The summed E-state index contributed by atoms with van der Waals surface area (Å²) in [6, 6.07) is 19.0. The molecule has 0 unspecified atom stereocenters. The average Bonchev–Trinajstić information content (AvgIpc) is 3.34. The lowest BCUT2D eigenvalue weighted by Gasteiger charge is -2.27. The van der Waals surface area contributed by atoms with Crippen LogP contribution in [0.2, 0.25) is 0 Å². The Morgan fingerprint density at radius 2 is 1.69 bits per heavy atom. The molecule has 2 N–H and O–H groups in total. The molecule has 0 radical (unpaired) electrons. The van der Waals surface area contributed by atoms with Gasteiger partial charge in [0.05, 0.1) is 36.5 Å². The van der Waals surface area contributed by atoms with E-state index in [0.717, 1.165) is 33.6 Å². The number of nitrogens with two attached hydrogens (primary N) is 1. The summed E-state index contributed by atoms with van der Waals surface area (Å²) in [7, 11) is 1.62. The molecule has 4 aromatic rings. The Balaban J connectivity index is 1.56. The van der Waals surface area contributed by atoms with Gasteiger partial charge in [-0.2, -0.15) is 5.10 Å². The van der Waals surface area contributed by atoms with Crippen molar-refractivity contribution in [3.8, 4) is 11.4 Å². The Morgan fingerprint density at radius 3 is 2.38 bits per heavy atom. The minimum absolute atomic E-state index is 0.0106. The molecule has 0 aliphatic carbocycles. The lowest BCUT2D eigenvalue weighted by Crippen LogP contribution is -2.33. The fraction of sp³-hybridized carbons (Fsp3) is 0.200. The first-order valence-corrected chi connectivity index (χ1v) is 10.4. The summed E-state index contributed by atoms with van der Waals surface area (Å²) in [5.41, 5.74) is 9.86. The summed E-state index contributed by atoms with van der Waals surface area (Å²) in [6.45, 7) is 1.87. The molecule has 5 rings (SSSR count). The summed E-state index contributed by atoms with van der Waals surface area (Å²) < 4.78 is 20.3. The van der Waals surface area contributed by atoms with Crippen molar-refractivity contribution >= 4 is 22.5 Å². The van der Waals surface area contributed by atoms with Crippen LogP contribution < -0.4 is 15.4 Å². The third-order valence-corrected chi connectivity index (χ3v) is 6.21. The van der Waals surface area contributed by atoms with Gasteiger partial charge in [0.1, 0.15) is 11.6 Å². The van der Waals surface area contributed by atoms with Crippen molar-refractivity contribution < 1.29 is 13.9 Å². The number of anilines is 1. The predicted octanol–water partition coefficient (Wildman–Crippen LogP) is 4.22. The summed E-state index contributed by atoms with van der Waals surface area (Å²) in [4.78, 5) is 15.0. The minimum atomic E-state index is -0.339. The summed E-state index contributed by atoms with van der Waals surface area (Å²) in [5.74, 6) is 0.138. The molecular weight excluding hydrogens is 407 g/mol. The smallest absolute Gasteiger partial charge is 0.232 e. The van der Waals surface area contributed by atoms with Gasteiger partial charge < -0.3 is 15.4 Å². The van der Waals surface area contributed by atoms with Crippen molar-refractivity contribution in [3.05, 3.63) is 84.3 Å². The van der Waals surface area contributed by atoms with E-state index >= 15 is 0 Å². The number of carbonyl (C=O) groups excluding carboxylic acids is 1. The first-order valence-electron chi connectivity index (χ1n) is 10.4. The number of aromatic nitrogens is 2. The van der Waals surface area contributed by atoms with Crippen LogP contribution in [0.4, 0.5) is 10.1 Å². The van der Waals surface area contributed by atoms with Crippen molar-refractivity contribution in [2.45, 2.75) is 19.0 Å². The van der Waals surface area contributed by atoms with E-state index in [2.05, 4.69) is 5.10 Å². The van der Waals surface area contributed by atoms with Crippen LogP contribution in [0.5, 0.6) is 5.75 Å². The SMILES string of the molecule is COc1ccc([C@@H]2[C@@H](N)[C@@H](C)C(=O)N2c2ccc3c(cnn3-c3ccc(F)cc3)c2)cc1. The summed E-state index contributed by atoms with van der Waals surface area (Å²) in [6.07, 6.45) is 1.74. The van der Waals surface area contributed by atoms with E-state index in [9.17, 15) is 9.18 Å². The van der Waals surface area contributed by atoms with Gasteiger partial charge in [-0.25, -0.2) is 9.07 Å². The van der Waals surface area contributed by atoms with Gasteiger partial charge in [0, 0.05) is 17.1 Å². The maximum Gasteiger partial charge on any atom is 0.232 e. The second-order valence-corrected chi connectivity index (χ2v) is 8.07. The van der Waals surface area contributed by atoms with Crippen LogP contribution in [0.3, 0.4) is 0 Å². The monoisotopic (exact) mass is 430 g/mol. The Kier molecular flexibility index (Phi) is 4.90. The number of amides is 1. The standard InChI is InChI=1S/C25H23FN4O2/c1-15-23(27)24(16-3-10-21(32-2)11-4-16)29(25(15)31)20-9-12-22-17(13-20)14-28-30(22)19-7-5-18(26)6-8-19/h3-15,23-24H,27H2,1-2H3/t15-,23+,24-/m1/s1. The van der Waals surface area contributed by atoms with Crippen molar-refractivity contribution in [3.63, 3.8) is 0 Å². The molecule has 162 valence electrons. The number of ether oxygens (including phenoxy) is 1. The maximum absolute atomic E-state index is 13.3. The molecule has 3 atom stereocenters. The second-order valence-electron chi connectivity index (χ2n) is 8.07. The highest BCUT2D eigenvalue weighted by atomic mass is 19.1. The Labute approximate surface area is 185 Å². The van der Waals surface area contributed by atoms with Crippen LogP contribution in [-0.2, 0) is 4.79 Å². The topological polar surface area (TPSA) is 73.4 Å². The van der Waals surface area contributed by atoms with E-state index in [1.165, 1.54) is 12.1 Å². The Hall–Kier alpha value is -3.71. The quantitative estimate of drug-likeness (QED) is 0.526. The molecule has 0 spiro atoms. The highest BCUT2D eigenvalue weighted by Crippen LogP contribution is 2.40. The number of carbonyl (C=O) groups is 1. The number of benzene rings is 3. The third kappa shape index (κ3) is 3.22. The second kappa shape index (κ2) is 7.76. The van der Waals surface area contributed by atoms with Crippen LogP contribution >= 0.6 is 0 Å². The zero-order valence-corrected chi connectivity index (χ0v) is 17.8. The van der Waals surface area contributed by atoms with Crippen LogP contribution in [-0.4, -0.2) is 28.8 Å². The minimum Gasteiger partial charge on any atom is -0.497 e. The van der Waals surface area contributed by atoms with E-state index in [0.29, 0.717) is 0 Å². The molecular formula is C25H23FN4O2. The van der Waals surface area contributed by atoms with Crippen LogP contribution in [0.25, 0.3) is 16.6 Å². The number of halogens is 1. The molecule has 32 heavy (non-hydrogen) atoms.